The molecule has 6 aromatic rings. The number of aromatic hydroxyl groups is 1. The van der Waals surface area contributed by atoms with Crippen LogP contribution in [-0.2, 0) is 44.7 Å². The van der Waals surface area contributed by atoms with Crippen LogP contribution in [0.5, 0.6) is 5.75 Å². The minimum absolute atomic E-state index is 0.00599. The molecule has 0 aliphatic heterocycles. The van der Waals surface area contributed by atoms with Gasteiger partial charge >= 0.3 is 16.5 Å². The van der Waals surface area contributed by atoms with E-state index < -0.39 is 97.7 Å². The van der Waals surface area contributed by atoms with Gasteiger partial charge in [-0.05, 0) is 90.1 Å². The van der Waals surface area contributed by atoms with Gasteiger partial charge < -0.3 is 26.0 Å². The smallest absolute Gasteiger partial charge is 0.397 e. The fourth-order valence-corrected chi connectivity index (χ4v) is 8.73. The number of carbonyl (C=O) groups excluding carboxylic acids is 1. The van der Waals surface area contributed by atoms with Gasteiger partial charge in [0.2, 0.25) is 23.1 Å². The molecule has 0 fully saturated rings. The lowest BCUT2D eigenvalue weighted by Gasteiger charge is -2.18. The number of phenols is 1. The lowest BCUT2D eigenvalue weighted by Crippen LogP contribution is -2.29. The van der Waals surface area contributed by atoms with Gasteiger partial charge in [0.25, 0.3) is 26.1 Å². The van der Waals surface area contributed by atoms with E-state index >= 15 is 0 Å². The van der Waals surface area contributed by atoms with Crippen LogP contribution in [0.2, 0.25) is 5.28 Å². The van der Waals surface area contributed by atoms with E-state index in [1.54, 1.807) is 0 Å². The van der Waals surface area contributed by atoms with Crippen LogP contribution in [0.25, 0.3) is 10.8 Å². The van der Waals surface area contributed by atoms with Crippen molar-refractivity contribution in [2.24, 2.45) is 10.2 Å². The van der Waals surface area contributed by atoms with Crippen molar-refractivity contribution in [2.45, 2.75) is 16.7 Å². The number of amides is 1. The molecule has 0 spiro atoms. The number of fused-ring (bicyclic) bond motifs is 1. The predicted octanol–water partition coefficient (Wildman–Crippen LogP) is 5.08. The van der Waals surface area contributed by atoms with Crippen molar-refractivity contribution >= 4 is 115 Å². The van der Waals surface area contributed by atoms with E-state index in [4.69, 9.17) is 16.2 Å². The molecule has 0 unspecified atom stereocenters. The number of halogens is 3. The van der Waals surface area contributed by atoms with Crippen molar-refractivity contribution in [2.75, 3.05) is 52.6 Å². The third-order valence-electron chi connectivity index (χ3n) is 9.03. The highest BCUT2D eigenvalue weighted by Crippen LogP contribution is 2.44. The van der Waals surface area contributed by atoms with E-state index in [1.165, 1.54) is 49.2 Å². The molecule has 2 aromatic heterocycles. The maximum Gasteiger partial charge on any atom is 0.397 e. The van der Waals surface area contributed by atoms with Crippen molar-refractivity contribution in [1.82, 2.24) is 24.9 Å². The molecule has 1 amide bonds. The lowest BCUT2D eigenvalue weighted by atomic mass is 10.0. The van der Waals surface area contributed by atoms with Crippen LogP contribution in [0.15, 0.2) is 86.7 Å². The number of hydrogen-bond acceptors (Lipinski definition) is 21. The summed E-state index contributed by atoms with van der Waals surface area (Å²) in [4.78, 5) is 31.7. The molecule has 360 valence electrons. The Bertz CT molecular complexity index is 3450. The minimum Gasteiger partial charge on any atom is -0.505 e. The fraction of sp³-hybridized carbons (Fsp3) is 0.167. The van der Waals surface area contributed by atoms with E-state index in [0.717, 1.165) is 36.4 Å². The third kappa shape index (κ3) is 13.3. The van der Waals surface area contributed by atoms with Crippen LogP contribution in [0.3, 0.4) is 0 Å². The number of phenolic OH excluding ortho intramolecular Hbond substituents is 1. The average molecular weight is 1040 g/mol. The zero-order chi connectivity index (χ0) is 49.9. The number of rotatable bonds is 18. The third-order valence-corrected chi connectivity index (χ3v) is 13.0. The van der Waals surface area contributed by atoms with Gasteiger partial charge in [0, 0.05) is 42.0 Å². The first kappa shape index (κ1) is 50.7. The van der Waals surface area contributed by atoms with Gasteiger partial charge in [-0.1, -0.05) is 0 Å². The normalized spacial score (nSPS) is 12.4. The molecule has 0 saturated carbocycles. The van der Waals surface area contributed by atoms with E-state index in [1.807, 2.05) is 0 Å². The molecule has 32 heteroatoms. The molecule has 6 rings (SSSR count). The summed E-state index contributed by atoms with van der Waals surface area (Å²) in [6.45, 7) is 0.327. The Morgan fingerprint density at radius 1 is 0.809 bits per heavy atom. The molecular weight excluding hydrogens is 1010 g/mol. The van der Waals surface area contributed by atoms with Gasteiger partial charge in [0.05, 0.1) is 28.7 Å². The molecule has 0 atom stereocenters. The minimum atomic E-state index is -5.01. The Labute approximate surface area is 388 Å². The zero-order valence-electron chi connectivity index (χ0n) is 34.4. The Hall–Kier alpha value is -6.71. The molecule has 0 bridgehead atoms. The lowest BCUT2D eigenvalue weighted by molar-refractivity contribution is 0.102. The van der Waals surface area contributed by atoms with Crippen LogP contribution < -0.4 is 20.9 Å². The van der Waals surface area contributed by atoms with Gasteiger partial charge in [-0.15, -0.1) is 10.2 Å². The van der Waals surface area contributed by atoms with Gasteiger partial charge in [0.15, 0.2) is 15.6 Å². The van der Waals surface area contributed by atoms with Crippen LogP contribution in [0.1, 0.15) is 15.9 Å². The van der Waals surface area contributed by atoms with Crippen LogP contribution in [0.4, 0.5) is 54.9 Å². The number of anilines is 6. The highest BCUT2D eigenvalue weighted by molar-refractivity contribution is 7.91. The number of nitrogens with zero attached hydrogens (tertiary/aromatic N) is 8. The maximum atomic E-state index is 13.5. The number of hydrogen-bond donors (Lipinski definition) is 7. The summed E-state index contributed by atoms with van der Waals surface area (Å²) in [5.41, 5.74) is -0.924. The summed E-state index contributed by atoms with van der Waals surface area (Å²) < 4.78 is 155. The molecule has 7 N–H and O–H groups in total. The molecule has 2 heterocycles. The van der Waals surface area contributed by atoms with Crippen molar-refractivity contribution < 1.29 is 70.2 Å². The number of carbonyl (C=O) groups is 1. The Kier molecular flexibility index (Phi) is 14.8. The largest absolute Gasteiger partial charge is 0.505 e. The van der Waals surface area contributed by atoms with Gasteiger partial charge in [-0.3, -0.25) is 18.5 Å². The van der Waals surface area contributed by atoms with E-state index in [-0.39, 0.29) is 74.2 Å². The number of sulfone groups is 1. The summed E-state index contributed by atoms with van der Waals surface area (Å²) >= 11 is 6.10. The second-order valence-electron chi connectivity index (χ2n) is 14.0. The number of aryl methyl sites for hydroxylation is 1. The summed E-state index contributed by atoms with van der Waals surface area (Å²) in [7, 11) is -17.3. The molecule has 68 heavy (non-hydrogen) atoms. The number of benzene rings is 4. The first-order valence-electron chi connectivity index (χ1n) is 18.6. The summed E-state index contributed by atoms with van der Waals surface area (Å²) in [6.07, 6.45) is -1.33. The highest BCUT2D eigenvalue weighted by atomic mass is 35.5. The van der Waals surface area contributed by atoms with Gasteiger partial charge in [-0.2, -0.15) is 59.0 Å². The Morgan fingerprint density at radius 3 is 2.15 bits per heavy atom. The molecule has 0 saturated heterocycles. The topological polar surface area (TPSA) is 372 Å². The van der Waals surface area contributed by atoms with Gasteiger partial charge in [0.1, 0.15) is 22.1 Å². The number of aromatic nitrogens is 5. The van der Waals surface area contributed by atoms with Crippen LogP contribution >= 0.6 is 11.6 Å². The highest BCUT2D eigenvalue weighted by Gasteiger charge is 2.23. The number of nitrogens with one attached hydrogen (secondary N) is 3. The van der Waals surface area contributed by atoms with Crippen LogP contribution in [0, 0.1) is 18.9 Å². The van der Waals surface area contributed by atoms with E-state index in [9.17, 15) is 61.5 Å². The molecule has 0 aliphatic rings. The predicted molar refractivity (Wildman–Crippen MR) is 238 cm³/mol. The maximum absolute atomic E-state index is 13.5. The Morgan fingerprint density at radius 2 is 1.50 bits per heavy atom. The van der Waals surface area contributed by atoms with Crippen molar-refractivity contribution in [1.29, 1.82) is 0 Å². The van der Waals surface area contributed by atoms with Crippen molar-refractivity contribution in [3.8, 4) is 5.75 Å². The van der Waals surface area contributed by atoms with Crippen molar-refractivity contribution in [3.05, 3.63) is 95.2 Å². The fourth-order valence-electron chi connectivity index (χ4n) is 5.93. The number of azo groups is 1. The second-order valence-corrected chi connectivity index (χ2v) is 20.5. The molecule has 0 aliphatic carbocycles. The average Bonchev–Trinajstić information content (AvgIpc) is 3.21. The molecule has 4 aromatic carbocycles. The summed E-state index contributed by atoms with van der Waals surface area (Å²) in [6, 6.07) is 12.4. The molecule has 0 radical (unpaired) electrons. The monoisotopic (exact) mass is 1040 g/mol. The molecular formula is C36H32ClF2N11O14S4. The summed E-state index contributed by atoms with van der Waals surface area (Å²) in [5.74, 6) is -4.67. The van der Waals surface area contributed by atoms with E-state index in [0.29, 0.717) is 0 Å². The first-order chi connectivity index (χ1) is 31.6. The SMILES string of the molecule is Cc1cc2cc(S(=O)(=O)O)cc(NC(=O)c3ccc(Nc4cc(F)nc(F)n4)cc3)c2c(O)c1N=Nc1cc(Nc2nc(Cl)nc(N(C)CCS(=O)(=O)CCOS(=O)(=O)O)n2)ccc1S(=O)(=O)O. The molecule has 25 nitrogen and oxygen atoms in total. The Balaban J connectivity index is 1.29. The standard InChI is InChI=1S/C36H32ClF2N11O14S4/c1-18-13-20-14-23(66(55,56)57)16-25(42-32(52)19-3-5-21(6-4-19)40-28-17-27(38)43-34(39)44-28)29(20)31(51)30(18)49-48-24-15-22(7-8-26(24)67(58,59)60)41-35-45-33(37)46-36(47-35)50(2)9-11-65(53,54)12-10-64-68(61,62)63/h3-8,13-17,51H,9-12H2,1-2H3,(H,42,52)(H,40,43,44)(H,55,56,57)(H,58,59,60)(H,61,62,63)(H,41,45,46,47). The first-order valence-corrected chi connectivity index (χ1v) is 25.0. The second kappa shape index (κ2) is 19.9. The zero-order valence-corrected chi connectivity index (χ0v) is 38.4. The van der Waals surface area contributed by atoms with Crippen LogP contribution in [-0.4, -0.2) is 115 Å². The quantitative estimate of drug-likeness (QED) is 0.0255. The van der Waals surface area contributed by atoms with Crippen molar-refractivity contribution in [3.63, 3.8) is 0 Å². The van der Waals surface area contributed by atoms with E-state index in [2.05, 4.69) is 55.3 Å². The van der Waals surface area contributed by atoms with Gasteiger partial charge in [-0.25, -0.2) is 12.6 Å². The summed E-state index contributed by atoms with van der Waals surface area (Å²) in [5, 5.41) is 26.8.